The zero-order chi connectivity index (χ0) is 9.10. The number of nitrogens with zero attached hydrogens (tertiary/aromatic N) is 1. The predicted molar refractivity (Wildman–Crippen MR) is 52.6 cm³/mol. The molecule has 2 heteroatoms. The lowest BCUT2D eigenvalue weighted by molar-refractivity contribution is 0.273. The highest BCUT2D eigenvalue weighted by molar-refractivity contribution is 5.15. The second-order valence-corrected chi connectivity index (χ2v) is 3.57. The molecule has 1 aromatic carbocycles. The van der Waals surface area contributed by atoms with Gasteiger partial charge in [-0.15, -0.1) is 0 Å². The summed E-state index contributed by atoms with van der Waals surface area (Å²) in [5.74, 6) is 0. The van der Waals surface area contributed by atoms with Crippen LogP contribution in [0.1, 0.15) is 5.56 Å². The highest BCUT2D eigenvalue weighted by atomic mass is 16.3. The van der Waals surface area contributed by atoms with Crippen LogP contribution < -0.4 is 0 Å². The molecule has 2 nitrogen and oxygen atoms in total. The fourth-order valence-electron chi connectivity index (χ4n) is 1.59. The second-order valence-electron chi connectivity index (χ2n) is 3.57. The van der Waals surface area contributed by atoms with Crippen LogP contribution >= 0.6 is 0 Å². The zero-order valence-corrected chi connectivity index (χ0v) is 7.69. The molecule has 2 rings (SSSR count). The van der Waals surface area contributed by atoms with Gasteiger partial charge in [0.05, 0.1) is 6.61 Å². The van der Waals surface area contributed by atoms with Gasteiger partial charge in [-0.3, -0.25) is 4.90 Å². The first-order chi connectivity index (χ1) is 6.40. The van der Waals surface area contributed by atoms with Gasteiger partial charge in [-0.25, -0.2) is 0 Å². The van der Waals surface area contributed by atoms with Gasteiger partial charge >= 0.3 is 0 Å². The van der Waals surface area contributed by atoms with Gasteiger partial charge in [-0.2, -0.15) is 0 Å². The van der Waals surface area contributed by atoms with Crippen molar-refractivity contribution in [3.8, 4) is 0 Å². The number of hydrogen-bond donors (Lipinski definition) is 1. The highest BCUT2D eigenvalue weighted by Gasteiger charge is 2.31. The van der Waals surface area contributed by atoms with E-state index in [2.05, 4.69) is 29.2 Å². The molecular formula is C11H15NO. The summed E-state index contributed by atoms with van der Waals surface area (Å²) in [7, 11) is 0. The molecule has 1 aliphatic rings. The quantitative estimate of drug-likeness (QED) is 0.691. The molecule has 1 aromatic rings. The van der Waals surface area contributed by atoms with Gasteiger partial charge in [-0.05, 0) is 12.0 Å². The number of aliphatic hydroxyl groups excluding tert-OH is 1. The number of benzene rings is 1. The second kappa shape index (κ2) is 3.90. The molecule has 0 spiro atoms. The standard InChI is InChI=1S/C11H15NO/c13-9-11-8-12(11)7-6-10-4-2-1-3-5-10/h1-5,11,13H,6-9H2/t11-,12?/m1/s1. The fraction of sp³-hybridized carbons (Fsp3) is 0.455. The summed E-state index contributed by atoms with van der Waals surface area (Å²) in [5.41, 5.74) is 1.38. The lowest BCUT2D eigenvalue weighted by Gasteiger charge is -2.02. The van der Waals surface area contributed by atoms with E-state index in [0.717, 1.165) is 19.5 Å². The fourth-order valence-corrected chi connectivity index (χ4v) is 1.59. The molecule has 1 unspecified atom stereocenters. The van der Waals surface area contributed by atoms with Gasteiger partial charge in [0.1, 0.15) is 0 Å². The highest BCUT2D eigenvalue weighted by Crippen LogP contribution is 2.16. The van der Waals surface area contributed by atoms with Crippen LogP contribution in [0.15, 0.2) is 30.3 Å². The molecule has 1 aliphatic heterocycles. The maximum absolute atomic E-state index is 8.83. The minimum Gasteiger partial charge on any atom is -0.395 e. The molecule has 0 amide bonds. The van der Waals surface area contributed by atoms with Crippen molar-refractivity contribution in [2.75, 3.05) is 19.7 Å². The smallest absolute Gasteiger partial charge is 0.0599 e. The first kappa shape index (κ1) is 8.73. The molecule has 0 bridgehead atoms. The van der Waals surface area contributed by atoms with Crippen LogP contribution in [0, 0.1) is 0 Å². The summed E-state index contributed by atoms with van der Waals surface area (Å²) in [4.78, 5) is 2.30. The molecule has 0 aromatic heterocycles. The van der Waals surface area contributed by atoms with Gasteiger partial charge in [0.2, 0.25) is 0 Å². The van der Waals surface area contributed by atoms with Crippen LogP contribution in [0.2, 0.25) is 0 Å². The normalized spacial score (nSPS) is 25.9. The van der Waals surface area contributed by atoms with Crippen LogP contribution in [-0.2, 0) is 6.42 Å². The van der Waals surface area contributed by atoms with Crippen LogP contribution in [-0.4, -0.2) is 35.7 Å². The van der Waals surface area contributed by atoms with Crippen LogP contribution in [0.25, 0.3) is 0 Å². The molecule has 0 aliphatic carbocycles. The van der Waals surface area contributed by atoms with E-state index in [0.29, 0.717) is 12.6 Å². The summed E-state index contributed by atoms with van der Waals surface area (Å²) in [6, 6.07) is 10.9. The Labute approximate surface area is 78.8 Å². The molecule has 1 N–H and O–H groups in total. The van der Waals surface area contributed by atoms with Crippen molar-refractivity contribution >= 4 is 0 Å². The van der Waals surface area contributed by atoms with E-state index in [1.165, 1.54) is 5.56 Å². The Morgan fingerprint density at radius 2 is 2.08 bits per heavy atom. The van der Waals surface area contributed by atoms with Gasteiger partial charge in [0.25, 0.3) is 0 Å². The first-order valence-corrected chi connectivity index (χ1v) is 4.79. The Morgan fingerprint density at radius 3 is 2.69 bits per heavy atom. The van der Waals surface area contributed by atoms with Crippen LogP contribution in [0.3, 0.4) is 0 Å². The third kappa shape index (κ3) is 2.29. The number of rotatable bonds is 4. The topological polar surface area (TPSA) is 23.2 Å². The molecule has 70 valence electrons. The van der Waals surface area contributed by atoms with E-state index in [1.54, 1.807) is 0 Å². The molecule has 13 heavy (non-hydrogen) atoms. The summed E-state index contributed by atoms with van der Waals surface area (Å²) in [6.07, 6.45) is 1.09. The lowest BCUT2D eigenvalue weighted by Crippen LogP contribution is -2.09. The minimum absolute atomic E-state index is 0.314. The molecule has 1 heterocycles. The average Bonchev–Trinajstić information content (AvgIpc) is 2.95. The van der Waals surface area contributed by atoms with E-state index >= 15 is 0 Å². The first-order valence-electron chi connectivity index (χ1n) is 4.79. The Kier molecular flexibility index (Phi) is 2.62. The van der Waals surface area contributed by atoms with Gasteiger partial charge < -0.3 is 5.11 Å². The largest absolute Gasteiger partial charge is 0.395 e. The summed E-state index contributed by atoms with van der Waals surface area (Å²) in [6.45, 7) is 2.47. The zero-order valence-electron chi connectivity index (χ0n) is 7.69. The maximum atomic E-state index is 8.83. The Hall–Kier alpha value is -0.860. The summed E-state index contributed by atoms with van der Waals surface area (Å²) in [5, 5.41) is 8.83. The van der Waals surface area contributed by atoms with Crippen molar-refractivity contribution in [3.63, 3.8) is 0 Å². The molecule has 0 saturated carbocycles. The summed E-state index contributed by atoms with van der Waals surface area (Å²) < 4.78 is 0. The van der Waals surface area contributed by atoms with Crippen molar-refractivity contribution in [2.45, 2.75) is 12.5 Å². The van der Waals surface area contributed by atoms with Gasteiger partial charge in [0.15, 0.2) is 0 Å². The van der Waals surface area contributed by atoms with Gasteiger partial charge in [-0.1, -0.05) is 30.3 Å². The average molecular weight is 177 g/mol. The van der Waals surface area contributed by atoms with E-state index in [9.17, 15) is 0 Å². The van der Waals surface area contributed by atoms with Crippen molar-refractivity contribution in [3.05, 3.63) is 35.9 Å². The number of aliphatic hydroxyl groups is 1. The van der Waals surface area contributed by atoms with Crippen molar-refractivity contribution in [1.82, 2.24) is 4.90 Å². The molecule has 1 fully saturated rings. The molecular weight excluding hydrogens is 162 g/mol. The minimum atomic E-state index is 0.314. The monoisotopic (exact) mass is 177 g/mol. The van der Waals surface area contributed by atoms with Gasteiger partial charge in [0, 0.05) is 19.1 Å². The molecule has 2 atom stereocenters. The Morgan fingerprint density at radius 1 is 1.31 bits per heavy atom. The molecule has 0 radical (unpaired) electrons. The van der Waals surface area contributed by atoms with E-state index in [1.807, 2.05) is 6.07 Å². The van der Waals surface area contributed by atoms with E-state index in [-0.39, 0.29) is 0 Å². The Bertz CT molecular complexity index is 260. The van der Waals surface area contributed by atoms with Crippen LogP contribution in [0.5, 0.6) is 0 Å². The van der Waals surface area contributed by atoms with E-state index < -0.39 is 0 Å². The lowest BCUT2D eigenvalue weighted by atomic mass is 10.1. The Balaban J connectivity index is 1.75. The maximum Gasteiger partial charge on any atom is 0.0599 e. The summed E-state index contributed by atoms with van der Waals surface area (Å²) >= 11 is 0. The predicted octanol–water partition coefficient (Wildman–Crippen LogP) is 0.906. The van der Waals surface area contributed by atoms with Crippen molar-refractivity contribution in [2.24, 2.45) is 0 Å². The van der Waals surface area contributed by atoms with Crippen LogP contribution in [0.4, 0.5) is 0 Å². The molecule has 1 saturated heterocycles. The van der Waals surface area contributed by atoms with E-state index in [4.69, 9.17) is 5.11 Å². The van der Waals surface area contributed by atoms with Crippen molar-refractivity contribution in [1.29, 1.82) is 0 Å². The third-order valence-corrected chi connectivity index (χ3v) is 2.57. The SMILES string of the molecule is OC[C@H]1CN1CCc1ccccc1. The number of hydrogen-bond acceptors (Lipinski definition) is 2. The third-order valence-electron chi connectivity index (χ3n) is 2.57. The van der Waals surface area contributed by atoms with Crippen molar-refractivity contribution < 1.29 is 5.11 Å².